The second-order valence-corrected chi connectivity index (χ2v) is 11.7. The number of aryl methyl sites for hydroxylation is 2. The normalized spacial score (nSPS) is 19.0. The molecule has 1 saturated heterocycles. The van der Waals surface area contributed by atoms with Crippen LogP contribution in [0.1, 0.15) is 55.3 Å². The van der Waals surface area contributed by atoms with Crippen molar-refractivity contribution in [3.05, 3.63) is 83.7 Å². The molecule has 1 aliphatic carbocycles. The predicted molar refractivity (Wildman–Crippen MR) is 155 cm³/mol. The van der Waals surface area contributed by atoms with Gasteiger partial charge in [0.1, 0.15) is 0 Å². The quantitative estimate of drug-likeness (QED) is 0.276. The van der Waals surface area contributed by atoms with E-state index in [0.29, 0.717) is 11.8 Å². The molecule has 6 heteroatoms. The first-order valence-corrected chi connectivity index (χ1v) is 14.2. The summed E-state index contributed by atoms with van der Waals surface area (Å²) in [4.78, 5) is 5.08. The molecule has 2 atom stereocenters. The minimum Gasteiger partial charge on any atom is -0.385 e. The fraction of sp³-hybridized carbons (Fsp3) is 0.394. The van der Waals surface area contributed by atoms with Crippen LogP contribution in [0.2, 0.25) is 0 Å². The number of ether oxygens (including phenoxy) is 1. The summed E-state index contributed by atoms with van der Waals surface area (Å²) in [6.45, 7) is 5.64. The number of nitrogens with zero attached hydrogens (tertiary/aromatic N) is 4. The molecular weight excluding hydrogens is 484 g/mol. The highest BCUT2D eigenvalue weighted by Gasteiger charge is 2.41. The van der Waals surface area contributed by atoms with Crippen LogP contribution >= 0.6 is 0 Å². The van der Waals surface area contributed by atoms with Crippen molar-refractivity contribution in [1.82, 2.24) is 19.3 Å². The van der Waals surface area contributed by atoms with Crippen molar-refractivity contribution in [2.45, 2.75) is 51.2 Å². The topological polar surface area (TPSA) is 65.1 Å². The molecule has 6 nitrogen and oxygen atoms in total. The van der Waals surface area contributed by atoms with E-state index in [2.05, 4.69) is 71.2 Å². The Balaban J connectivity index is 1.53. The zero-order valence-electron chi connectivity index (χ0n) is 23.0. The second-order valence-electron chi connectivity index (χ2n) is 11.7. The van der Waals surface area contributed by atoms with Gasteiger partial charge in [-0.2, -0.15) is 5.10 Å². The lowest BCUT2D eigenvalue weighted by Gasteiger charge is -2.33. The van der Waals surface area contributed by atoms with E-state index < -0.39 is 5.60 Å². The third-order valence-electron chi connectivity index (χ3n) is 9.12. The lowest BCUT2D eigenvalue weighted by Crippen LogP contribution is -2.27. The maximum Gasteiger partial charge on any atom is 0.0960 e. The molecule has 4 heterocycles. The molecule has 0 radical (unpaired) electrons. The molecule has 1 N–H and O–H groups in total. The highest BCUT2D eigenvalue weighted by atomic mass is 16.5. The molecule has 7 rings (SSSR count). The molecule has 5 aromatic rings. The molecule has 2 aromatic carbocycles. The van der Waals surface area contributed by atoms with Crippen molar-refractivity contribution < 1.29 is 9.84 Å². The van der Waals surface area contributed by atoms with Crippen LogP contribution in [0.3, 0.4) is 0 Å². The van der Waals surface area contributed by atoms with Gasteiger partial charge in [-0.05, 0) is 80.2 Å². The number of fused-ring (bicyclic) bond motifs is 3. The fourth-order valence-corrected chi connectivity index (χ4v) is 6.81. The summed E-state index contributed by atoms with van der Waals surface area (Å²) < 4.78 is 10.3. The van der Waals surface area contributed by atoms with Crippen LogP contribution in [0.25, 0.3) is 33.2 Å². The van der Waals surface area contributed by atoms with Gasteiger partial charge in [-0.3, -0.25) is 9.67 Å². The van der Waals surface area contributed by atoms with E-state index in [1.807, 2.05) is 31.0 Å². The molecule has 0 amide bonds. The first-order chi connectivity index (χ1) is 18.9. The second kappa shape index (κ2) is 9.32. The van der Waals surface area contributed by atoms with Crippen LogP contribution in [0.5, 0.6) is 0 Å². The highest BCUT2D eigenvalue weighted by Crippen LogP contribution is 2.47. The summed E-state index contributed by atoms with van der Waals surface area (Å²) in [6, 6.07) is 19.8. The van der Waals surface area contributed by atoms with Gasteiger partial charge in [0.2, 0.25) is 0 Å². The van der Waals surface area contributed by atoms with E-state index in [0.717, 1.165) is 83.2 Å². The van der Waals surface area contributed by atoms with Gasteiger partial charge in [0.25, 0.3) is 0 Å². The summed E-state index contributed by atoms with van der Waals surface area (Å²) in [6.07, 6.45) is 8.07. The summed E-state index contributed by atoms with van der Waals surface area (Å²) in [5, 5.41) is 17.2. The van der Waals surface area contributed by atoms with Crippen molar-refractivity contribution >= 4 is 21.9 Å². The average Bonchev–Trinajstić information content (AvgIpc) is 3.71. The molecule has 2 fully saturated rings. The standard InChI is InChI=1S/C33H36N4O2/c1-21-19-35-36(3)31(21)24-17-29-30(34-20-24)27-12-11-26(33(2,38)25-9-10-25)18-28(27)37(29)32(22-7-5-4-6-8-22)23-13-15-39-16-14-23/h4-8,11-12,17-20,23,25,32,38H,9-10,13-16H2,1-3H3/t32-,33?/m1/s1. The van der Waals surface area contributed by atoms with Crippen molar-refractivity contribution in [3.63, 3.8) is 0 Å². The van der Waals surface area contributed by atoms with Gasteiger partial charge in [0.15, 0.2) is 0 Å². The Morgan fingerprint density at radius 2 is 1.74 bits per heavy atom. The number of rotatable bonds is 6. The minimum absolute atomic E-state index is 0.126. The van der Waals surface area contributed by atoms with Gasteiger partial charge < -0.3 is 14.4 Å². The molecule has 1 unspecified atom stereocenters. The number of hydrogen-bond acceptors (Lipinski definition) is 4. The maximum absolute atomic E-state index is 11.5. The molecule has 1 aliphatic heterocycles. The van der Waals surface area contributed by atoms with E-state index in [9.17, 15) is 5.11 Å². The Morgan fingerprint density at radius 1 is 0.974 bits per heavy atom. The molecule has 0 spiro atoms. The summed E-state index contributed by atoms with van der Waals surface area (Å²) >= 11 is 0. The van der Waals surface area contributed by atoms with E-state index in [1.165, 1.54) is 5.56 Å². The Morgan fingerprint density at radius 3 is 2.44 bits per heavy atom. The molecule has 2 aliphatic rings. The zero-order valence-corrected chi connectivity index (χ0v) is 23.0. The van der Waals surface area contributed by atoms with E-state index in [4.69, 9.17) is 9.72 Å². The van der Waals surface area contributed by atoms with Crippen LogP contribution in [-0.2, 0) is 17.4 Å². The Labute approximate surface area is 229 Å². The molecule has 39 heavy (non-hydrogen) atoms. The monoisotopic (exact) mass is 520 g/mol. The number of aromatic nitrogens is 4. The van der Waals surface area contributed by atoms with Gasteiger partial charge in [-0.15, -0.1) is 0 Å². The molecule has 0 bridgehead atoms. The van der Waals surface area contributed by atoms with Crippen molar-refractivity contribution in [2.24, 2.45) is 18.9 Å². The van der Waals surface area contributed by atoms with Gasteiger partial charge in [-0.25, -0.2) is 0 Å². The molecule has 3 aromatic heterocycles. The largest absolute Gasteiger partial charge is 0.385 e. The SMILES string of the molecule is Cc1cnn(C)c1-c1cnc2c3ccc(C(C)(O)C4CC4)cc3n([C@H](c3ccccc3)C3CCOCC3)c2c1. The van der Waals surface area contributed by atoms with Crippen LogP contribution < -0.4 is 0 Å². The van der Waals surface area contributed by atoms with Crippen molar-refractivity contribution in [1.29, 1.82) is 0 Å². The van der Waals surface area contributed by atoms with E-state index >= 15 is 0 Å². The number of hydrogen-bond donors (Lipinski definition) is 1. The summed E-state index contributed by atoms with van der Waals surface area (Å²) in [5.74, 6) is 0.750. The Hall–Kier alpha value is -3.48. The number of aliphatic hydroxyl groups is 1. The smallest absolute Gasteiger partial charge is 0.0960 e. The predicted octanol–water partition coefficient (Wildman–Crippen LogP) is 6.53. The van der Waals surface area contributed by atoms with Crippen LogP contribution in [0.15, 0.2) is 67.0 Å². The minimum atomic E-state index is -0.833. The fourth-order valence-electron chi connectivity index (χ4n) is 6.81. The van der Waals surface area contributed by atoms with Crippen LogP contribution in [0, 0.1) is 18.8 Å². The number of pyridine rings is 1. The third-order valence-corrected chi connectivity index (χ3v) is 9.12. The summed E-state index contributed by atoms with van der Waals surface area (Å²) in [5.41, 5.74) is 7.98. The van der Waals surface area contributed by atoms with Gasteiger partial charge in [0.05, 0.1) is 40.1 Å². The lowest BCUT2D eigenvalue weighted by atomic mass is 9.86. The highest BCUT2D eigenvalue weighted by molar-refractivity contribution is 6.07. The third kappa shape index (κ3) is 4.09. The Kier molecular flexibility index (Phi) is 5.87. The van der Waals surface area contributed by atoms with Crippen LogP contribution in [0.4, 0.5) is 0 Å². The molecule has 200 valence electrons. The van der Waals surface area contributed by atoms with Crippen LogP contribution in [-0.4, -0.2) is 37.7 Å². The maximum atomic E-state index is 11.5. The van der Waals surface area contributed by atoms with Crippen molar-refractivity contribution in [2.75, 3.05) is 13.2 Å². The lowest BCUT2D eigenvalue weighted by molar-refractivity contribution is 0.0332. The zero-order chi connectivity index (χ0) is 26.7. The van der Waals surface area contributed by atoms with E-state index in [1.54, 1.807) is 0 Å². The van der Waals surface area contributed by atoms with Gasteiger partial charge >= 0.3 is 0 Å². The van der Waals surface area contributed by atoms with Gasteiger partial charge in [0, 0.05) is 37.4 Å². The Bertz CT molecular complexity index is 1640. The number of benzene rings is 2. The average molecular weight is 521 g/mol. The molecule has 1 saturated carbocycles. The summed E-state index contributed by atoms with van der Waals surface area (Å²) in [7, 11) is 1.99. The first kappa shape index (κ1) is 24.6. The van der Waals surface area contributed by atoms with Crippen molar-refractivity contribution in [3.8, 4) is 11.3 Å². The van der Waals surface area contributed by atoms with Gasteiger partial charge in [-0.1, -0.05) is 42.5 Å². The first-order valence-electron chi connectivity index (χ1n) is 14.2. The molecular formula is C33H36N4O2. The van der Waals surface area contributed by atoms with E-state index in [-0.39, 0.29) is 6.04 Å².